The van der Waals surface area contributed by atoms with Crippen LogP contribution >= 0.6 is 0 Å². The van der Waals surface area contributed by atoms with Gasteiger partial charge in [-0.15, -0.1) is 10.2 Å². The number of rotatable bonds is 3. The summed E-state index contributed by atoms with van der Waals surface area (Å²) < 4.78 is 25.8. The molecule has 3 rings (SSSR count). The molecule has 0 aromatic carbocycles. The van der Waals surface area contributed by atoms with E-state index in [0.717, 1.165) is 43.9 Å². The van der Waals surface area contributed by atoms with Gasteiger partial charge in [-0.3, -0.25) is 0 Å². The summed E-state index contributed by atoms with van der Waals surface area (Å²) in [4.78, 5) is 0. The van der Waals surface area contributed by atoms with Crippen LogP contribution in [0.4, 0.5) is 0 Å². The van der Waals surface area contributed by atoms with Crippen LogP contribution in [0.1, 0.15) is 30.9 Å². The van der Waals surface area contributed by atoms with E-state index in [-0.39, 0.29) is 17.8 Å². The van der Waals surface area contributed by atoms with Gasteiger partial charge in [-0.2, -0.15) is 0 Å². The zero-order chi connectivity index (χ0) is 13.5. The first-order chi connectivity index (χ1) is 9.10. The van der Waals surface area contributed by atoms with Crippen molar-refractivity contribution in [3.05, 3.63) is 11.6 Å². The summed E-state index contributed by atoms with van der Waals surface area (Å²) in [6.45, 7) is 0.967. The molecule has 0 amide bonds. The second kappa shape index (κ2) is 4.86. The van der Waals surface area contributed by atoms with Crippen molar-refractivity contribution in [2.75, 3.05) is 12.4 Å². The van der Waals surface area contributed by atoms with Crippen LogP contribution in [-0.4, -0.2) is 45.9 Å². The number of aromatic nitrogens is 3. The number of aliphatic hydroxyl groups excluding tert-OH is 1. The van der Waals surface area contributed by atoms with E-state index >= 15 is 0 Å². The maximum atomic E-state index is 11.9. The van der Waals surface area contributed by atoms with Crippen molar-refractivity contribution in [1.82, 2.24) is 14.8 Å². The van der Waals surface area contributed by atoms with Gasteiger partial charge in [0.25, 0.3) is 0 Å². The minimum absolute atomic E-state index is 0.180. The molecular formula is C12H19N3O3S. The van der Waals surface area contributed by atoms with E-state index in [1.807, 2.05) is 4.57 Å². The Balaban J connectivity index is 1.79. The lowest BCUT2D eigenvalue weighted by Crippen LogP contribution is -2.25. The van der Waals surface area contributed by atoms with Crippen molar-refractivity contribution in [2.45, 2.75) is 43.9 Å². The van der Waals surface area contributed by atoms with E-state index < -0.39 is 9.84 Å². The Hall–Kier alpha value is -0.950. The van der Waals surface area contributed by atoms with E-state index in [2.05, 4.69) is 10.2 Å². The van der Waals surface area contributed by atoms with Gasteiger partial charge in [-0.25, -0.2) is 8.42 Å². The molecule has 2 atom stereocenters. The standard InChI is InChI=1S/C12H19N3O3S/c16-8-9-3-4-15-11(6-9)13-14-12(15)7-10-2-1-5-19(10,17)18/h9-10,16H,1-8H2. The van der Waals surface area contributed by atoms with Crippen LogP contribution < -0.4 is 0 Å². The van der Waals surface area contributed by atoms with Gasteiger partial charge in [0.05, 0.1) is 11.0 Å². The fraction of sp³-hybridized carbons (Fsp3) is 0.833. The van der Waals surface area contributed by atoms with Crippen LogP contribution in [-0.2, 0) is 29.2 Å². The van der Waals surface area contributed by atoms with Crippen LogP contribution in [0.15, 0.2) is 0 Å². The predicted molar refractivity (Wildman–Crippen MR) is 69.4 cm³/mol. The van der Waals surface area contributed by atoms with E-state index in [0.29, 0.717) is 12.2 Å². The zero-order valence-electron chi connectivity index (χ0n) is 10.8. The first-order valence-electron chi connectivity index (χ1n) is 6.83. The number of hydrogen-bond donors (Lipinski definition) is 1. The molecule has 0 bridgehead atoms. The molecule has 1 saturated heterocycles. The molecule has 1 aromatic heterocycles. The lowest BCUT2D eigenvalue weighted by atomic mass is 9.99. The Morgan fingerprint density at radius 1 is 1.32 bits per heavy atom. The normalized spacial score (nSPS) is 29.3. The second-order valence-electron chi connectivity index (χ2n) is 5.56. The third-order valence-corrected chi connectivity index (χ3v) is 6.54. The molecule has 3 heterocycles. The summed E-state index contributed by atoms with van der Waals surface area (Å²) in [7, 11) is -2.93. The van der Waals surface area contributed by atoms with Crippen molar-refractivity contribution < 1.29 is 13.5 Å². The van der Waals surface area contributed by atoms with Crippen molar-refractivity contribution in [3.8, 4) is 0 Å². The first-order valence-corrected chi connectivity index (χ1v) is 8.55. The fourth-order valence-electron chi connectivity index (χ4n) is 3.05. The predicted octanol–water partition coefficient (Wildman–Crippen LogP) is -0.0475. The Morgan fingerprint density at radius 2 is 2.16 bits per heavy atom. The monoisotopic (exact) mass is 285 g/mol. The molecular weight excluding hydrogens is 266 g/mol. The summed E-state index contributed by atoms with van der Waals surface area (Å²) in [5, 5.41) is 17.2. The third-order valence-electron chi connectivity index (χ3n) is 4.27. The van der Waals surface area contributed by atoms with Crippen LogP contribution in [0.5, 0.6) is 0 Å². The van der Waals surface area contributed by atoms with Gasteiger partial charge in [0.15, 0.2) is 9.84 Å². The summed E-state index contributed by atoms with van der Waals surface area (Å²) >= 11 is 0. The number of aliphatic hydroxyl groups is 1. The van der Waals surface area contributed by atoms with Gasteiger partial charge < -0.3 is 9.67 Å². The highest BCUT2D eigenvalue weighted by Crippen LogP contribution is 2.25. The molecule has 0 aliphatic carbocycles. The highest BCUT2D eigenvalue weighted by molar-refractivity contribution is 7.92. The van der Waals surface area contributed by atoms with Gasteiger partial charge in [0.1, 0.15) is 11.6 Å². The van der Waals surface area contributed by atoms with Gasteiger partial charge in [0.2, 0.25) is 0 Å². The molecule has 6 nitrogen and oxygen atoms in total. The number of fused-ring (bicyclic) bond motifs is 1. The number of nitrogens with zero attached hydrogens (tertiary/aromatic N) is 3. The van der Waals surface area contributed by atoms with Crippen LogP contribution in [0.25, 0.3) is 0 Å². The van der Waals surface area contributed by atoms with Crippen molar-refractivity contribution in [3.63, 3.8) is 0 Å². The minimum atomic E-state index is -2.93. The lowest BCUT2D eigenvalue weighted by Gasteiger charge is -2.22. The third kappa shape index (κ3) is 2.41. The molecule has 7 heteroatoms. The Labute approximate surface area is 112 Å². The summed E-state index contributed by atoms with van der Waals surface area (Å²) in [5.74, 6) is 2.25. The molecule has 0 saturated carbocycles. The molecule has 1 aromatic rings. The SMILES string of the molecule is O=S1(=O)CCCC1Cc1nnc2n1CCC(CO)C2. The molecule has 0 radical (unpaired) electrons. The topological polar surface area (TPSA) is 85.1 Å². The van der Waals surface area contributed by atoms with Crippen LogP contribution in [0.2, 0.25) is 0 Å². The lowest BCUT2D eigenvalue weighted by molar-refractivity contribution is 0.198. The summed E-state index contributed by atoms with van der Waals surface area (Å²) in [5.41, 5.74) is 0. The van der Waals surface area contributed by atoms with E-state index in [9.17, 15) is 13.5 Å². The van der Waals surface area contributed by atoms with E-state index in [1.165, 1.54) is 0 Å². The molecule has 0 spiro atoms. The second-order valence-corrected chi connectivity index (χ2v) is 7.96. The van der Waals surface area contributed by atoms with Crippen LogP contribution in [0.3, 0.4) is 0 Å². The average Bonchev–Trinajstić information content (AvgIpc) is 2.94. The molecule has 2 unspecified atom stereocenters. The van der Waals surface area contributed by atoms with Gasteiger partial charge in [0, 0.05) is 26.0 Å². The molecule has 2 aliphatic heterocycles. The largest absolute Gasteiger partial charge is 0.396 e. The Morgan fingerprint density at radius 3 is 2.84 bits per heavy atom. The number of hydrogen-bond acceptors (Lipinski definition) is 5. The minimum Gasteiger partial charge on any atom is -0.396 e. The Bertz CT molecular complexity index is 567. The summed E-state index contributed by atoms with van der Waals surface area (Å²) in [6.07, 6.45) is 3.64. The maximum Gasteiger partial charge on any atom is 0.153 e. The molecule has 1 N–H and O–H groups in total. The fourth-order valence-corrected chi connectivity index (χ4v) is 4.88. The molecule has 19 heavy (non-hydrogen) atoms. The zero-order valence-corrected chi connectivity index (χ0v) is 11.6. The van der Waals surface area contributed by atoms with Gasteiger partial charge in [-0.05, 0) is 25.2 Å². The molecule has 2 aliphatic rings. The average molecular weight is 285 g/mol. The van der Waals surface area contributed by atoms with Crippen molar-refractivity contribution in [2.24, 2.45) is 5.92 Å². The van der Waals surface area contributed by atoms with E-state index in [4.69, 9.17) is 0 Å². The van der Waals surface area contributed by atoms with E-state index in [1.54, 1.807) is 0 Å². The van der Waals surface area contributed by atoms with Crippen molar-refractivity contribution >= 4 is 9.84 Å². The molecule has 1 fully saturated rings. The number of sulfone groups is 1. The van der Waals surface area contributed by atoms with Crippen LogP contribution in [0, 0.1) is 5.92 Å². The highest BCUT2D eigenvalue weighted by atomic mass is 32.2. The first kappa shape index (κ1) is 13.1. The maximum absolute atomic E-state index is 11.9. The van der Waals surface area contributed by atoms with Gasteiger partial charge in [-0.1, -0.05) is 0 Å². The van der Waals surface area contributed by atoms with Gasteiger partial charge >= 0.3 is 0 Å². The highest BCUT2D eigenvalue weighted by Gasteiger charge is 2.33. The molecule has 106 valence electrons. The smallest absolute Gasteiger partial charge is 0.153 e. The Kier molecular flexibility index (Phi) is 3.34. The van der Waals surface area contributed by atoms with Crippen molar-refractivity contribution in [1.29, 1.82) is 0 Å². The summed E-state index contributed by atoms with van der Waals surface area (Å²) in [6, 6.07) is 0. The quantitative estimate of drug-likeness (QED) is 0.842.